The van der Waals surface area contributed by atoms with Crippen molar-refractivity contribution in [3.63, 3.8) is 0 Å². The van der Waals surface area contributed by atoms with Gasteiger partial charge in [0.1, 0.15) is 23.5 Å². The molecule has 2 aromatic heterocycles. The van der Waals surface area contributed by atoms with E-state index in [0.717, 1.165) is 12.3 Å². The zero-order chi connectivity index (χ0) is 21.0. The normalized spacial score (nSPS) is 12.1. The monoisotopic (exact) mass is 407 g/mol. The lowest BCUT2D eigenvalue weighted by atomic mass is 10.1. The standard InChI is InChI=1S/C17H16F3N7O2/c1-28-11-2-3-12(14(6-11)29-17(18,19)20)15-13-8-23-9-27(13)16(26-25-15)24-7-10(22)4-5-21/h2-6,8-9,21H,7,22H2,1H3,(H,24,26). The quantitative estimate of drug-likeness (QED) is 0.514. The Kier molecular flexibility index (Phi) is 5.52. The van der Waals surface area contributed by atoms with Crippen LogP contribution in [0.15, 0.2) is 42.5 Å². The number of anilines is 1. The molecule has 4 N–H and O–H groups in total. The first-order valence-electron chi connectivity index (χ1n) is 8.14. The molecule has 0 bridgehead atoms. The Morgan fingerprint density at radius 2 is 2.14 bits per heavy atom. The SMILES string of the molecule is COc1ccc(-c2nnc(NCC(N)=CC=N)n3cncc23)c(OC(F)(F)F)c1. The van der Waals surface area contributed by atoms with Crippen LogP contribution in [0.4, 0.5) is 19.1 Å². The highest BCUT2D eigenvalue weighted by Gasteiger charge is 2.33. The van der Waals surface area contributed by atoms with E-state index in [2.05, 4.69) is 25.2 Å². The van der Waals surface area contributed by atoms with Crippen molar-refractivity contribution < 1.29 is 22.6 Å². The van der Waals surface area contributed by atoms with Crippen LogP contribution >= 0.6 is 0 Å². The number of benzene rings is 1. The van der Waals surface area contributed by atoms with Crippen LogP contribution in [-0.4, -0.2) is 45.8 Å². The first-order valence-corrected chi connectivity index (χ1v) is 8.14. The van der Waals surface area contributed by atoms with Gasteiger partial charge >= 0.3 is 6.36 Å². The fraction of sp³-hybridized carbons (Fsp3) is 0.176. The molecule has 0 aliphatic heterocycles. The van der Waals surface area contributed by atoms with E-state index < -0.39 is 12.1 Å². The van der Waals surface area contributed by atoms with Crippen molar-refractivity contribution in [3.8, 4) is 22.8 Å². The molecule has 0 aliphatic carbocycles. The summed E-state index contributed by atoms with van der Waals surface area (Å²) in [5.41, 5.74) is 6.70. The van der Waals surface area contributed by atoms with Crippen LogP contribution in [0.1, 0.15) is 0 Å². The molecule has 12 heteroatoms. The lowest BCUT2D eigenvalue weighted by Crippen LogP contribution is -2.18. The fourth-order valence-corrected chi connectivity index (χ4v) is 2.53. The molecule has 0 unspecified atom stereocenters. The summed E-state index contributed by atoms with van der Waals surface area (Å²) in [7, 11) is 1.33. The number of nitrogens with one attached hydrogen (secondary N) is 2. The second-order valence-electron chi connectivity index (χ2n) is 5.69. The predicted octanol–water partition coefficient (Wildman–Crippen LogP) is 2.60. The Hall–Kier alpha value is -3.83. The summed E-state index contributed by atoms with van der Waals surface area (Å²) in [5, 5.41) is 18.0. The molecule has 0 saturated carbocycles. The van der Waals surface area contributed by atoms with Gasteiger partial charge in [0.25, 0.3) is 0 Å². The molecular weight excluding hydrogens is 391 g/mol. The van der Waals surface area contributed by atoms with E-state index in [0.29, 0.717) is 11.2 Å². The summed E-state index contributed by atoms with van der Waals surface area (Å²) in [5.74, 6) is -0.0141. The number of halogens is 3. The topological polar surface area (TPSA) is 123 Å². The van der Waals surface area contributed by atoms with Gasteiger partial charge in [0.15, 0.2) is 0 Å². The number of methoxy groups -OCH3 is 1. The largest absolute Gasteiger partial charge is 0.573 e. The maximum atomic E-state index is 12.9. The van der Waals surface area contributed by atoms with E-state index in [4.69, 9.17) is 15.9 Å². The number of rotatable bonds is 7. The molecule has 0 fully saturated rings. The van der Waals surface area contributed by atoms with Crippen LogP contribution in [0.3, 0.4) is 0 Å². The first-order chi connectivity index (χ1) is 13.8. The smallest absolute Gasteiger partial charge is 0.497 e. The van der Waals surface area contributed by atoms with Crippen molar-refractivity contribution in [1.82, 2.24) is 19.6 Å². The van der Waals surface area contributed by atoms with Gasteiger partial charge in [0.2, 0.25) is 5.95 Å². The van der Waals surface area contributed by atoms with Gasteiger partial charge in [0.05, 0.1) is 25.4 Å². The third kappa shape index (κ3) is 4.54. The van der Waals surface area contributed by atoms with Gasteiger partial charge in [-0.05, 0) is 18.2 Å². The number of aromatic nitrogens is 4. The molecule has 9 nitrogen and oxygen atoms in total. The van der Waals surface area contributed by atoms with Gasteiger partial charge in [-0.15, -0.1) is 23.4 Å². The van der Waals surface area contributed by atoms with E-state index in [1.54, 1.807) is 0 Å². The summed E-state index contributed by atoms with van der Waals surface area (Å²) in [6.45, 7) is 0.182. The third-order valence-electron chi connectivity index (χ3n) is 3.77. The summed E-state index contributed by atoms with van der Waals surface area (Å²) >= 11 is 0. The van der Waals surface area contributed by atoms with Crippen LogP contribution in [0.25, 0.3) is 16.8 Å². The van der Waals surface area contributed by atoms with E-state index in [9.17, 15) is 13.2 Å². The molecule has 3 rings (SSSR count). The highest BCUT2D eigenvalue weighted by molar-refractivity contribution is 5.81. The molecule has 2 heterocycles. The van der Waals surface area contributed by atoms with Crippen LogP contribution in [0, 0.1) is 5.41 Å². The van der Waals surface area contributed by atoms with Gasteiger partial charge in [-0.1, -0.05) is 0 Å². The average molecular weight is 407 g/mol. The number of ether oxygens (including phenoxy) is 2. The van der Waals surface area contributed by atoms with Gasteiger partial charge in [-0.2, -0.15) is 0 Å². The molecule has 0 amide bonds. The molecular formula is C17H16F3N7O2. The summed E-state index contributed by atoms with van der Waals surface area (Å²) < 4.78 is 49.3. The number of fused-ring (bicyclic) bond motifs is 1. The fourth-order valence-electron chi connectivity index (χ4n) is 2.53. The van der Waals surface area contributed by atoms with Crippen LogP contribution in [0.2, 0.25) is 0 Å². The Bertz CT molecular complexity index is 1060. The first kappa shape index (κ1) is 19.9. The molecule has 152 valence electrons. The number of nitrogens with two attached hydrogens (primary N) is 1. The molecule has 3 aromatic rings. The van der Waals surface area contributed by atoms with Crippen LogP contribution in [-0.2, 0) is 0 Å². The molecule has 0 spiro atoms. The number of nitrogens with zero attached hydrogens (tertiary/aromatic N) is 4. The second kappa shape index (κ2) is 8.04. The minimum Gasteiger partial charge on any atom is -0.497 e. The Balaban J connectivity index is 2.05. The third-order valence-corrected chi connectivity index (χ3v) is 3.77. The van der Waals surface area contributed by atoms with Gasteiger partial charge < -0.3 is 25.9 Å². The Morgan fingerprint density at radius 1 is 1.34 bits per heavy atom. The van der Waals surface area contributed by atoms with Gasteiger partial charge in [-0.25, -0.2) is 4.98 Å². The molecule has 29 heavy (non-hydrogen) atoms. The van der Waals surface area contributed by atoms with Crippen molar-refractivity contribution in [2.75, 3.05) is 19.0 Å². The molecule has 0 saturated heterocycles. The zero-order valence-corrected chi connectivity index (χ0v) is 15.1. The van der Waals surface area contributed by atoms with E-state index >= 15 is 0 Å². The number of hydrogen-bond acceptors (Lipinski definition) is 8. The maximum Gasteiger partial charge on any atom is 0.573 e. The molecule has 1 aromatic carbocycles. The minimum absolute atomic E-state index is 0.0656. The summed E-state index contributed by atoms with van der Waals surface area (Å²) in [6.07, 6.45) is 0.418. The minimum atomic E-state index is -4.90. The zero-order valence-electron chi connectivity index (χ0n) is 15.1. The average Bonchev–Trinajstić information content (AvgIpc) is 3.15. The van der Waals surface area contributed by atoms with E-state index in [-0.39, 0.29) is 29.5 Å². The lowest BCUT2D eigenvalue weighted by molar-refractivity contribution is -0.274. The summed E-state index contributed by atoms with van der Waals surface area (Å²) in [6, 6.07) is 4.00. The molecule has 0 radical (unpaired) electrons. The Morgan fingerprint density at radius 3 is 2.83 bits per heavy atom. The van der Waals surface area contributed by atoms with E-state index in [1.165, 1.54) is 42.2 Å². The van der Waals surface area contributed by atoms with Crippen molar-refractivity contribution >= 4 is 17.7 Å². The highest BCUT2D eigenvalue weighted by atomic mass is 19.4. The lowest BCUT2D eigenvalue weighted by Gasteiger charge is -2.15. The van der Waals surface area contributed by atoms with Crippen molar-refractivity contribution in [1.29, 1.82) is 5.41 Å². The second-order valence-corrected chi connectivity index (χ2v) is 5.69. The predicted molar refractivity (Wildman–Crippen MR) is 99.0 cm³/mol. The number of imidazole rings is 1. The molecule has 0 atom stereocenters. The Labute approximate surface area is 162 Å². The molecule has 0 aliphatic rings. The summed E-state index contributed by atoms with van der Waals surface area (Å²) in [4.78, 5) is 4.02. The van der Waals surface area contributed by atoms with Gasteiger partial charge in [0, 0.05) is 23.5 Å². The maximum absolute atomic E-state index is 12.9. The number of allylic oxidation sites excluding steroid dienone is 1. The highest BCUT2D eigenvalue weighted by Crippen LogP contribution is 2.37. The van der Waals surface area contributed by atoms with Crippen LogP contribution < -0.4 is 20.5 Å². The van der Waals surface area contributed by atoms with Crippen LogP contribution in [0.5, 0.6) is 11.5 Å². The van der Waals surface area contributed by atoms with E-state index in [1.807, 2.05) is 0 Å². The number of alkyl halides is 3. The van der Waals surface area contributed by atoms with Crippen molar-refractivity contribution in [2.24, 2.45) is 5.73 Å². The van der Waals surface area contributed by atoms with Crippen molar-refractivity contribution in [2.45, 2.75) is 6.36 Å². The number of hydrogen-bond donors (Lipinski definition) is 3. The van der Waals surface area contributed by atoms with Crippen molar-refractivity contribution in [3.05, 3.63) is 42.5 Å². The van der Waals surface area contributed by atoms with Gasteiger partial charge in [-0.3, -0.25) is 4.40 Å².